The molecular weight excluding hydrogens is 180 g/mol. The third-order valence-electron chi connectivity index (χ3n) is 3.26. The predicted molar refractivity (Wildman–Crippen MR) is 53.0 cm³/mol. The molecule has 1 unspecified atom stereocenters. The lowest BCUT2D eigenvalue weighted by Crippen LogP contribution is -2.59. The molecule has 0 aromatic carbocycles. The Hall–Kier alpha value is -0.610. The fraction of sp³-hybridized carbons (Fsp3) is 0.900. The second-order valence-corrected chi connectivity index (χ2v) is 4.17. The van der Waals surface area contributed by atoms with Crippen LogP contribution in [0.3, 0.4) is 0 Å². The number of carbonyl (C=O) groups excluding carboxylic acids is 1. The van der Waals surface area contributed by atoms with Crippen LogP contribution in [0.2, 0.25) is 0 Å². The van der Waals surface area contributed by atoms with Crippen molar-refractivity contribution in [3.8, 4) is 0 Å². The molecule has 4 heteroatoms. The molecule has 0 aromatic heterocycles. The zero-order valence-corrected chi connectivity index (χ0v) is 8.64. The van der Waals surface area contributed by atoms with E-state index in [0.717, 1.165) is 25.8 Å². The van der Waals surface area contributed by atoms with Gasteiger partial charge in [0, 0.05) is 0 Å². The average molecular weight is 198 g/mol. The van der Waals surface area contributed by atoms with Crippen LogP contribution in [-0.4, -0.2) is 37.2 Å². The predicted octanol–water partition coefficient (Wildman–Crippen LogP) is 0.0336. The average Bonchev–Trinajstić information content (AvgIpc) is 2.60. The van der Waals surface area contributed by atoms with Crippen LogP contribution in [0.1, 0.15) is 26.2 Å². The number of rotatable bonds is 3. The van der Waals surface area contributed by atoms with E-state index < -0.39 is 0 Å². The van der Waals surface area contributed by atoms with Crippen molar-refractivity contribution < 1.29 is 9.53 Å². The molecule has 1 atom stereocenters. The van der Waals surface area contributed by atoms with Crippen LogP contribution >= 0.6 is 0 Å². The molecule has 2 aliphatic rings. The van der Waals surface area contributed by atoms with Gasteiger partial charge in [0.15, 0.2) is 0 Å². The molecule has 14 heavy (non-hydrogen) atoms. The molecule has 0 aromatic rings. The van der Waals surface area contributed by atoms with E-state index >= 15 is 0 Å². The van der Waals surface area contributed by atoms with Crippen LogP contribution in [-0.2, 0) is 9.53 Å². The minimum absolute atomic E-state index is 0.158. The highest BCUT2D eigenvalue weighted by Crippen LogP contribution is 2.23. The molecule has 2 rings (SSSR count). The van der Waals surface area contributed by atoms with Crippen molar-refractivity contribution in [2.75, 3.05) is 19.8 Å². The van der Waals surface area contributed by atoms with Crippen molar-refractivity contribution in [1.29, 1.82) is 0 Å². The molecule has 2 aliphatic heterocycles. The van der Waals surface area contributed by atoms with Gasteiger partial charge in [-0.2, -0.15) is 0 Å². The summed E-state index contributed by atoms with van der Waals surface area (Å²) in [6.45, 7) is 4.37. The third kappa shape index (κ3) is 1.64. The van der Waals surface area contributed by atoms with Crippen LogP contribution < -0.4 is 10.6 Å². The third-order valence-corrected chi connectivity index (χ3v) is 3.26. The van der Waals surface area contributed by atoms with Crippen molar-refractivity contribution in [3.05, 3.63) is 0 Å². The summed E-state index contributed by atoms with van der Waals surface area (Å²) in [6.07, 6.45) is 2.93. The van der Waals surface area contributed by atoms with Gasteiger partial charge in [0.2, 0.25) is 5.91 Å². The highest BCUT2D eigenvalue weighted by Gasteiger charge is 2.40. The quantitative estimate of drug-likeness (QED) is 0.673. The monoisotopic (exact) mass is 198 g/mol. The van der Waals surface area contributed by atoms with Gasteiger partial charge in [-0.25, -0.2) is 0 Å². The summed E-state index contributed by atoms with van der Waals surface area (Å²) in [4.78, 5) is 12.0. The summed E-state index contributed by atoms with van der Waals surface area (Å²) in [7, 11) is 0. The molecule has 0 radical (unpaired) electrons. The minimum atomic E-state index is -0.296. The van der Waals surface area contributed by atoms with E-state index in [4.69, 9.17) is 4.74 Å². The summed E-state index contributed by atoms with van der Waals surface area (Å²) in [6, 6.07) is 0.244. The van der Waals surface area contributed by atoms with Crippen LogP contribution in [0.15, 0.2) is 0 Å². The number of amides is 1. The lowest BCUT2D eigenvalue weighted by molar-refractivity contribution is -0.131. The first-order valence-corrected chi connectivity index (χ1v) is 5.40. The summed E-state index contributed by atoms with van der Waals surface area (Å²) >= 11 is 0. The van der Waals surface area contributed by atoms with Gasteiger partial charge in [-0.15, -0.1) is 0 Å². The van der Waals surface area contributed by atoms with Gasteiger partial charge in [0.25, 0.3) is 0 Å². The maximum absolute atomic E-state index is 12.0. The van der Waals surface area contributed by atoms with E-state index in [1.807, 2.05) is 0 Å². The van der Waals surface area contributed by atoms with E-state index in [9.17, 15) is 4.79 Å². The van der Waals surface area contributed by atoms with Gasteiger partial charge in [0.1, 0.15) is 0 Å². The molecule has 80 valence electrons. The first kappa shape index (κ1) is 9.93. The summed E-state index contributed by atoms with van der Waals surface area (Å²) in [5.41, 5.74) is -0.296. The molecule has 2 fully saturated rings. The Morgan fingerprint density at radius 3 is 2.86 bits per heavy atom. The minimum Gasteiger partial charge on any atom is -0.377 e. The molecule has 0 saturated carbocycles. The lowest BCUT2D eigenvalue weighted by Gasteiger charge is -2.33. The Labute approximate surface area is 84.4 Å². The van der Waals surface area contributed by atoms with Crippen LogP contribution in [0.4, 0.5) is 0 Å². The number of carbonyl (C=O) groups is 1. The summed E-state index contributed by atoms with van der Waals surface area (Å²) in [5.74, 6) is 0.158. The molecule has 0 aliphatic carbocycles. The maximum atomic E-state index is 12.0. The standard InChI is InChI=1S/C10H18N2O2/c1-2-10(4-3-5-11-10)9(13)12-8-6-14-7-8/h8,11H,2-7H2,1H3,(H,12,13). The van der Waals surface area contributed by atoms with Gasteiger partial charge in [-0.1, -0.05) is 6.92 Å². The zero-order valence-electron chi connectivity index (χ0n) is 8.64. The molecule has 0 bridgehead atoms. The topological polar surface area (TPSA) is 50.4 Å². The molecule has 2 saturated heterocycles. The maximum Gasteiger partial charge on any atom is 0.240 e. The summed E-state index contributed by atoms with van der Waals surface area (Å²) < 4.78 is 5.03. The fourth-order valence-electron chi connectivity index (χ4n) is 2.10. The second-order valence-electron chi connectivity index (χ2n) is 4.17. The molecule has 2 N–H and O–H groups in total. The Bertz CT molecular complexity index is 220. The molecule has 0 spiro atoms. The van der Waals surface area contributed by atoms with Crippen LogP contribution in [0.25, 0.3) is 0 Å². The molecule has 2 heterocycles. The molecular formula is C10H18N2O2. The number of nitrogens with one attached hydrogen (secondary N) is 2. The Balaban J connectivity index is 1.92. The van der Waals surface area contributed by atoms with Gasteiger partial charge >= 0.3 is 0 Å². The van der Waals surface area contributed by atoms with E-state index in [1.54, 1.807) is 0 Å². The fourth-order valence-corrected chi connectivity index (χ4v) is 2.10. The number of ether oxygens (including phenoxy) is 1. The lowest BCUT2D eigenvalue weighted by atomic mass is 9.92. The Morgan fingerprint density at radius 2 is 2.43 bits per heavy atom. The van der Waals surface area contributed by atoms with E-state index in [1.165, 1.54) is 0 Å². The Kier molecular flexibility index (Phi) is 2.74. The van der Waals surface area contributed by atoms with Crippen molar-refractivity contribution in [3.63, 3.8) is 0 Å². The van der Waals surface area contributed by atoms with E-state index in [0.29, 0.717) is 13.2 Å². The SMILES string of the molecule is CCC1(C(=O)NC2COC2)CCCN1. The summed E-state index contributed by atoms with van der Waals surface area (Å²) in [5, 5.41) is 6.34. The van der Waals surface area contributed by atoms with Gasteiger partial charge in [-0.05, 0) is 25.8 Å². The first-order chi connectivity index (χ1) is 6.77. The van der Waals surface area contributed by atoms with Crippen molar-refractivity contribution in [1.82, 2.24) is 10.6 Å². The first-order valence-electron chi connectivity index (χ1n) is 5.40. The van der Waals surface area contributed by atoms with Crippen LogP contribution in [0, 0.1) is 0 Å². The van der Waals surface area contributed by atoms with Crippen LogP contribution in [0.5, 0.6) is 0 Å². The largest absolute Gasteiger partial charge is 0.377 e. The molecule has 4 nitrogen and oxygen atoms in total. The van der Waals surface area contributed by atoms with Crippen molar-refractivity contribution >= 4 is 5.91 Å². The molecule has 1 amide bonds. The number of hydrogen-bond donors (Lipinski definition) is 2. The normalized spacial score (nSPS) is 32.6. The second kappa shape index (κ2) is 3.87. The van der Waals surface area contributed by atoms with Gasteiger partial charge in [0.05, 0.1) is 24.8 Å². The highest BCUT2D eigenvalue weighted by molar-refractivity contribution is 5.87. The van der Waals surface area contributed by atoms with Crippen molar-refractivity contribution in [2.24, 2.45) is 0 Å². The Morgan fingerprint density at radius 1 is 1.64 bits per heavy atom. The smallest absolute Gasteiger partial charge is 0.240 e. The number of hydrogen-bond acceptors (Lipinski definition) is 3. The van der Waals surface area contributed by atoms with Crippen molar-refractivity contribution in [2.45, 2.75) is 37.8 Å². The highest BCUT2D eigenvalue weighted by atomic mass is 16.5. The zero-order chi connectivity index (χ0) is 10.0. The van der Waals surface area contributed by atoms with Gasteiger partial charge in [-0.3, -0.25) is 4.79 Å². The van der Waals surface area contributed by atoms with E-state index in [-0.39, 0.29) is 17.5 Å². The van der Waals surface area contributed by atoms with E-state index in [2.05, 4.69) is 17.6 Å². The van der Waals surface area contributed by atoms with Gasteiger partial charge < -0.3 is 15.4 Å².